The van der Waals surface area contributed by atoms with Crippen molar-refractivity contribution in [1.29, 1.82) is 0 Å². The van der Waals surface area contributed by atoms with Crippen molar-refractivity contribution in [3.8, 4) is 11.3 Å². The molecule has 0 saturated carbocycles. The molecule has 0 atom stereocenters. The lowest BCUT2D eigenvalue weighted by molar-refractivity contribution is 1.17. The van der Waals surface area contributed by atoms with Crippen molar-refractivity contribution >= 4 is 33.9 Å². The summed E-state index contributed by atoms with van der Waals surface area (Å²) in [6.45, 7) is 0. The molecule has 3 aromatic rings. The third kappa shape index (κ3) is 2.40. The molecule has 0 aliphatic rings. The van der Waals surface area contributed by atoms with E-state index >= 15 is 0 Å². The van der Waals surface area contributed by atoms with Crippen molar-refractivity contribution in [2.75, 3.05) is 0 Å². The van der Waals surface area contributed by atoms with Crippen molar-refractivity contribution in [3.05, 3.63) is 62.8 Å². The van der Waals surface area contributed by atoms with Gasteiger partial charge in [-0.15, -0.1) is 0 Å². The molecule has 0 spiro atoms. The molecule has 6 heteroatoms. The summed E-state index contributed by atoms with van der Waals surface area (Å²) in [5.41, 5.74) is 11.7. The van der Waals surface area contributed by atoms with E-state index in [4.69, 9.17) is 5.53 Å². The van der Waals surface area contributed by atoms with Crippen LogP contribution >= 0.6 is 22.6 Å². The summed E-state index contributed by atoms with van der Waals surface area (Å²) in [6.07, 6.45) is 3.98. The third-order valence-electron chi connectivity index (χ3n) is 2.72. The minimum Gasteiger partial charge on any atom is -0.305 e. The van der Waals surface area contributed by atoms with Gasteiger partial charge in [0.2, 0.25) is 0 Å². The molecule has 92 valence electrons. The molecule has 0 aliphatic carbocycles. The predicted octanol–water partition coefficient (Wildman–Crippen LogP) is 4.55. The smallest absolute Gasteiger partial charge is 0.137 e. The number of aromatic nitrogens is 2. The molecule has 1 aromatic carbocycles. The highest BCUT2D eigenvalue weighted by atomic mass is 127. The normalized spacial score (nSPS) is 10.4. The summed E-state index contributed by atoms with van der Waals surface area (Å²) >= 11 is 2.26. The van der Waals surface area contributed by atoms with Gasteiger partial charge in [0.25, 0.3) is 0 Å². The maximum Gasteiger partial charge on any atom is 0.137 e. The Hall–Kier alpha value is -2.05. The van der Waals surface area contributed by atoms with E-state index < -0.39 is 0 Å². The van der Waals surface area contributed by atoms with E-state index in [1.165, 1.54) is 0 Å². The molecule has 3 rings (SSSR count). The van der Waals surface area contributed by atoms with Crippen molar-refractivity contribution in [2.24, 2.45) is 5.11 Å². The number of imidazole rings is 1. The van der Waals surface area contributed by atoms with Crippen LogP contribution in [0.5, 0.6) is 0 Å². The number of azide groups is 1. The second kappa shape index (κ2) is 4.91. The number of pyridine rings is 1. The maximum absolute atomic E-state index is 8.46. The van der Waals surface area contributed by atoms with Crippen LogP contribution in [0.25, 0.3) is 27.3 Å². The summed E-state index contributed by atoms with van der Waals surface area (Å²) in [5.74, 6) is 0. The molecule has 19 heavy (non-hydrogen) atoms. The summed E-state index contributed by atoms with van der Waals surface area (Å²) in [6, 6.07) is 11.4. The lowest BCUT2D eigenvalue weighted by Crippen LogP contribution is -1.82. The predicted molar refractivity (Wildman–Crippen MR) is 82.2 cm³/mol. The second-order valence-electron chi connectivity index (χ2n) is 3.98. The molecule has 0 aliphatic heterocycles. The van der Waals surface area contributed by atoms with Crippen LogP contribution in [-0.4, -0.2) is 9.38 Å². The van der Waals surface area contributed by atoms with Gasteiger partial charge in [-0.3, -0.25) is 0 Å². The lowest BCUT2D eigenvalue weighted by atomic mass is 10.1. The number of nitrogens with zero attached hydrogens (tertiary/aromatic N) is 5. The van der Waals surface area contributed by atoms with Gasteiger partial charge in [-0.2, -0.15) is 0 Å². The third-order valence-corrected chi connectivity index (χ3v) is 3.36. The van der Waals surface area contributed by atoms with Gasteiger partial charge in [0.1, 0.15) is 5.65 Å². The fourth-order valence-corrected chi connectivity index (χ4v) is 2.36. The Balaban J connectivity index is 2.13. The summed E-state index contributed by atoms with van der Waals surface area (Å²) in [5, 5.41) is 3.61. The van der Waals surface area contributed by atoms with Crippen LogP contribution in [0.4, 0.5) is 5.69 Å². The van der Waals surface area contributed by atoms with Gasteiger partial charge >= 0.3 is 0 Å². The summed E-state index contributed by atoms with van der Waals surface area (Å²) < 4.78 is 3.13. The molecule has 0 saturated heterocycles. The number of hydrogen-bond donors (Lipinski definition) is 0. The van der Waals surface area contributed by atoms with Crippen LogP contribution in [0.3, 0.4) is 0 Å². The van der Waals surface area contributed by atoms with Crippen LogP contribution < -0.4 is 0 Å². The molecular formula is C13H8IN5. The van der Waals surface area contributed by atoms with Crippen LogP contribution in [0.15, 0.2) is 53.9 Å². The SMILES string of the molecule is [N-]=[N+]=Nc1cccc(-c2cn3cc(I)ccc3n2)c1. The number of hydrogen-bond acceptors (Lipinski definition) is 2. The minimum absolute atomic E-state index is 0.589. The van der Waals surface area contributed by atoms with E-state index in [1.54, 1.807) is 6.07 Å². The first-order chi connectivity index (χ1) is 9.26. The first-order valence-corrected chi connectivity index (χ1v) is 6.64. The van der Waals surface area contributed by atoms with E-state index in [0.29, 0.717) is 5.69 Å². The Labute approximate surface area is 122 Å². The molecule has 2 heterocycles. The molecule has 0 bridgehead atoms. The van der Waals surface area contributed by atoms with Crippen LogP contribution in [0.2, 0.25) is 0 Å². The Bertz CT molecular complexity index is 802. The summed E-state index contributed by atoms with van der Waals surface area (Å²) in [4.78, 5) is 7.34. The van der Waals surface area contributed by atoms with Gasteiger partial charge in [-0.05, 0) is 46.3 Å². The molecule has 0 fully saturated rings. The van der Waals surface area contributed by atoms with Gasteiger partial charge in [0.15, 0.2) is 0 Å². The van der Waals surface area contributed by atoms with Gasteiger partial charge in [0, 0.05) is 32.1 Å². The zero-order valence-corrected chi connectivity index (χ0v) is 11.9. The van der Waals surface area contributed by atoms with Crippen molar-refractivity contribution in [3.63, 3.8) is 0 Å². The molecule has 0 amide bonds. The topological polar surface area (TPSA) is 66.1 Å². The highest BCUT2D eigenvalue weighted by Crippen LogP contribution is 2.24. The number of halogens is 1. The molecule has 2 aromatic heterocycles. The molecule has 0 N–H and O–H groups in total. The van der Waals surface area contributed by atoms with Crippen LogP contribution in [0.1, 0.15) is 0 Å². The number of benzene rings is 1. The Kier molecular flexibility index (Phi) is 3.10. The standard InChI is InChI=1S/C13H8IN5/c14-10-4-5-13-16-12(8-19(13)7-10)9-2-1-3-11(6-9)17-18-15/h1-8H. The highest BCUT2D eigenvalue weighted by Gasteiger charge is 2.04. The van der Waals surface area contributed by atoms with Gasteiger partial charge < -0.3 is 4.40 Å². The molecule has 5 nitrogen and oxygen atoms in total. The monoisotopic (exact) mass is 361 g/mol. The zero-order chi connectivity index (χ0) is 13.2. The van der Waals surface area contributed by atoms with Gasteiger partial charge in [0.05, 0.1) is 5.69 Å². The molecule has 0 unspecified atom stereocenters. The molecule has 0 radical (unpaired) electrons. The van der Waals surface area contributed by atoms with E-state index in [9.17, 15) is 0 Å². The fourth-order valence-electron chi connectivity index (χ4n) is 1.88. The van der Waals surface area contributed by atoms with E-state index in [0.717, 1.165) is 20.5 Å². The Morgan fingerprint density at radius 3 is 2.95 bits per heavy atom. The average Bonchev–Trinajstić information content (AvgIpc) is 2.82. The quantitative estimate of drug-likeness (QED) is 0.286. The van der Waals surface area contributed by atoms with Crippen LogP contribution in [-0.2, 0) is 0 Å². The van der Waals surface area contributed by atoms with E-state index in [-0.39, 0.29) is 0 Å². The average molecular weight is 361 g/mol. The number of rotatable bonds is 2. The van der Waals surface area contributed by atoms with Gasteiger partial charge in [-0.25, -0.2) is 4.98 Å². The largest absolute Gasteiger partial charge is 0.305 e. The summed E-state index contributed by atoms with van der Waals surface area (Å²) in [7, 11) is 0. The zero-order valence-electron chi connectivity index (χ0n) is 9.73. The van der Waals surface area contributed by atoms with E-state index in [1.807, 2.05) is 47.1 Å². The molecular weight excluding hydrogens is 353 g/mol. The highest BCUT2D eigenvalue weighted by molar-refractivity contribution is 14.1. The fraction of sp³-hybridized carbons (Fsp3) is 0. The van der Waals surface area contributed by atoms with E-state index in [2.05, 4.69) is 37.6 Å². The van der Waals surface area contributed by atoms with Crippen molar-refractivity contribution in [2.45, 2.75) is 0 Å². The minimum atomic E-state index is 0.589. The van der Waals surface area contributed by atoms with Gasteiger partial charge in [-0.1, -0.05) is 23.3 Å². The maximum atomic E-state index is 8.46. The Morgan fingerprint density at radius 1 is 1.21 bits per heavy atom. The van der Waals surface area contributed by atoms with Crippen molar-refractivity contribution in [1.82, 2.24) is 9.38 Å². The van der Waals surface area contributed by atoms with Crippen molar-refractivity contribution < 1.29 is 0 Å². The first kappa shape index (κ1) is 12.0. The first-order valence-electron chi connectivity index (χ1n) is 5.56. The van der Waals surface area contributed by atoms with Crippen LogP contribution in [0, 0.1) is 3.57 Å². The Morgan fingerprint density at radius 2 is 2.11 bits per heavy atom. The lowest BCUT2D eigenvalue weighted by Gasteiger charge is -1.96. The second-order valence-corrected chi connectivity index (χ2v) is 5.22. The number of fused-ring (bicyclic) bond motifs is 1.